The minimum atomic E-state index is -0.893. The van der Waals surface area contributed by atoms with Crippen molar-refractivity contribution in [2.45, 2.75) is 19.4 Å². The Balaban J connectivity index is 2.26. The number of aromatic nitrogens is 6. The van der Waals surface area contributed by atoms with Crippen LogP contribution in [0.1, 0.15) is 13.8 Å². The van der Waals surface area contributed by atoms with Crippen molar-refractivity contribution < 1.29 is 5.11 Å². The fourth-order valence-corrected chi connectivity index (χ4v) is 1.22. The first-order valence-corrected chi connectivity index (χ1v) is 5.52. The minimum Gasteiger partial charge on any atom is -0.389 e. The number of nitrogen functional groups attached to an aromatic ring is 1. The first-order chi connectivity index (χ1) is 8.98. The van der Waals surface area contributed by atoms with Crippen LogP contribution in [0.3, 0.4) is 0 Å². The summed E-state index contributed by atoms with van der Waals surface area (Å²) >= 11 is 0. The van der Waals surface area contributed by atoms with Crippen LogP contribution < -0.4 is 16.6 Å². The molecule has 0 radical (unpaired) electrons. The zero-order valence-electron chi connectivity index (χ0n) is 10.6. The van der Waals surface area contributed by atoms with E-state index in [9.17, 15) is 5.11 Å². The number of hydrogen-bond donors (Lipinski definition) is 4. The monoisotopic (exact) mass is 265 g/mol. The number of nitrogens with zero attached hydrogens (tertiary/aromatic N) is 6. The fraction of sp³-hybridized carbons (Fsp3) is 0.444. The van der Waals surface area contributed by atoms with Gasteiger partial charge in [0, 0.05) is 6.54 Å². The molecule has 0 amide bonds. The first kappa shape index (κ1) is 13.1. The Kier molecular flexibility index (Phi) is 3.53. The van der Waals surface area contributed by atoms with Crippen molar-refractivity contribution in [1.29, 1.82) is 0 Å². The quantitative estimate of drug-likeness (QED) is 0.392. The molecule has 2 aromatic rings. The normalized spacial score (nSPS) is 11.4. The van der Waals surface area contributed by atoms with Gasteiger partial charge in [0.2, 0.25) is 11.9 Å². The highest BCUT2D eigenvalue weighted by atomic mass is 16.3. The van der Waals surface area contributed by atoms with Gasteiger partial charge in [-0.15, -0.1) is 0 Å². The van der Waals surface area contributed by atoms with Gasteiger partial charge in [-0.2, -0.15) is 24.7 Å². The van der Waals surface area contributed by atoms with E-state index < -0.39 is 5.60 Å². The Hall–Kier alpha value is -2.33. The second-order valence-electron chi connectivity index (χ2n) is 4.43. The van der Waals surface area contributed by atoms with E-state index in [1.54, 1.807) is 13.8 Å². The molecule has 2 heterocycles. The topological polar surface area (TPSA) is 140 Å². The maximum Gasteiger partial charge on any atom is 0.258 e. The smallest absolute Gasteiger partial charge is 0.258 e. The van der Waals surface area contributed by atoms with Gasteiger partial charge in [-0.3, -0.25) is 5.43 Å². The molecule has 2 rings (SSSR count). The van der Waals surface area contributed by atoms with Crippen LogP contribution in [0, 0.1) is 0 Å². The van der Waals surface area contributed by atoms with E-state index in [0.717, 1.165) is 0 Å². The third kappa shape index (κ3) is 3.56. The van der Waals surface area contributed by atoms with E-state index in [4.69, 9.17) is 5.84 Å². The van der Waals surface area contributed by atoms with Gasteiger partial charge in [-0.25, -0.2) is 10.8 Å². The summed E-state index contributed by atoms with van der Waals surface area (Å²) in [4.78, 5) is 16.0. The predicted octanol–water partition coefficient (Wildman–Crippen LogP) is -1.08. The Labute approximate surface area is 109 Å². The largest absolute Gasteiger partial charge is 0.389 e. The van der Waals surface area contributed by atoms with Crippen LogP contribution in [0.4, 0.5) is 11.9 Å². The van der Waals surface area contributed by atoms with Crippen molar-refractivity contribution in [1.82, 2.24) is 29.7 Å². The lowest BCUT2D eigenvalue weighted by Crippen LogP contribution is -2.30. The average molecular weight is 265 g/mol. The van der Waals surface area contributed by atoms with Crippen LogP contribution in [-0.2, 0) is 0 Å². The maximum atomic E-state index is 9.66. The minimum absolute atomic E-state index is 0.179. The van der Waals surface area contributed by atoms with Crippen molar-refractivity contribution in [3.8, 4) is 5.95 Å². The van der Waals surface area contributed by atoms with Crippen molar-refractivity contribution >= 4 is 11.9 Å². The Morgan fingerprint density at radius 1 is 1.32 bits per heavy atom. The van der Waals surface area contributed by atoms with Gasteiger partial charge >= 0.3 is 0 Å². The summed E-state index contributed by atoms with van der Waals surface area (Å²) in [5.74, 6) is 6.01. The lowest BCUT2D eigenvalue weighted by molar-refractivity contribution is 0.0943. The number of hydrogen-bond acceptors (Lipinski definition) is 9. The number of nitrogens with two attached hydrogens (primary N) is 1. The Bertz CT molecular complexity index is 533. The number of rotatable bonds is 5. The predicted molar refractivity (Wildman–Crippen MR) is 67.3 cm³/mol. The average Bonchev–Trinajstić information content (AvgIpc) is 2.89. The summed E-state index contributed by atoms with van der Waals surface area (Å²) in [6, 6.07) is 0. The molecule has 0 spiro atoms. The van der Waals surface area contributed by atoms with Gasteiger partial charge in [0.25, 0.3) is 5.95 Å². The number of hydrazine groups is 1. The molecule has 0 saturated carbocycles. The highest BCUT2D eigenvalue weighted by Gasteiger charge is 2.14. The molecule has 10 heteroatoms. The molecule has 0 fully saturated rings. The lowest BCUT2D eigenvalue weighted by atomic mass is 10.1. The zero-order valence-corrected chi connectivity index (χ0v) is 10.6. The molecule has 0 aromatic carbocycles. The highest BCUT2D eigenvalue weighted by molar-refractivity contribution is 5.36. The van der Waals surface area contributed by atoms with Crippen LogP contribution >= 0.6 is 0 Å². The summed E-state index contributed by atoms with van der Waals surface area (Å²) in [6.45, 7) is 3.61. The van der Waals surface area contributed by atoms with Crippen LogP contribution in [-0.4, -0.2) is 47.0 Å². The molecule has 0 atom stereocenters. The molecule has 0 aliphatic carbocycles. The molecule has 0 aliphatic rings. The van der Waals surface area contributed by atoms with Gasteiger partial charge in [0.1, 0.15) is 12.7 Å². The standard InChI is InChI=1S/C9H15N9O/c1-9(2,19)3-12-6-14-7(17-10)16-8(15-6)18-5-11-4-13-18/h4-5,19H,3,10H2,1-2H3,(H2,12,14,15,16,17). The molecule has 19 heavy (non-hydrogen) atoms. The number of nitrogens with one attached hydrogen (secondary N) is 2. The summed E-state index contributed by atoms with van der Waals surface area (Å²) in [7, 11) is 0. The summed E-state index contributed by atoms with van der Waals surface area (Å²) in [5, 5.41) is 16.5. The molecule has 2 aromatic heterocycles. The lowest BCUT2D eigenvalue weighted by Gasteiger charge is -2.17. The van der Waals surface area contributed by atoms with E-state index in [0.29, 0.717) is 0 Å². The fourth-order valence-electron chi connectivity index (χ4n) is 1.22. The number of aliphatic hydroxyl groups is 1. The molecular formula is C9H15N9O. The molecule has 10 nitrogen and oxygen atoms in total. The Morgan fingerprint density at radius 3 is 2.63 bits per heavy atom. The van der Waals surface area contributed by atoms with Gasteiger partial charge < -0.3 is 10.4 Å². The second kappa shape index (κ2) is 5.12. The molecule has 0 saturated heterocycles. The van der Waals surface area contributed by atoms with Crippen molar-refractivity contribution in [3.05, 3.63) is 12.7 Å². The van der Waals surface area contributed by atoms with Crippen molar-refractivity contribution in [2.24, 2.45) is 5.84 Å². The molecule has 0 bridgehead atoms. The molecule has 0 unspecified atom stereocenters. The Morgan fingerprint density at radius 2 is 2.05 bits per heavy atom. The third-order valence-electron chi connectivity index (χ3n) is 2.06. The van der Waals surface area contributed by atoms with Crippen molar-refractivity contribution in [3.63, 3.8) is 0 Å². The SMILES string of the molecule is CC(C)(O)CNc1nc(NN)nc(-n2cncn2)n1. The highest BCUT2D eigenvalue weighted by Crippen LogP contribution is 2.09. The van der Waals surface area contributed by atoms with Gasteiger partial charge in [-0.05, 0) is 13.8 Å². The summed E-state index contributed by atoms with van der Waals surface area (Å²) in [6.07, 6.45) is 2.82. The van der Waals surface area contributed by atoms with Crippen molar-refractivity contribution in [2.75, 3.05) is 17.3 Å². The summed E-state index contributed by atoms with van der Waals surface area (Å²) in [5.41, 5.74) is 1.45. The van der Waals surface area contributed by atoms with Crippen LogP contribution in [0.2, 0.25) is 0 Å². The van der Waals surface area contributed by atoms with E-state index in [1.807, 2.05) is 0 Å². The summed E-state index contributed by atoms with van der Waals surface area (Å²) < 4.78 is 1.37. The number of anilines is 2. The van der Waals surface area contributed by atoms with E-state index in [-0.39, 0.29) is 24.4 Å². The molecule has 5 N–H and O–H groups in total. The maximum absolute atomic E-state index is 9.66. The second-order valence-corrected chi connectivity index (χ2v) is 4.43. The van der Waals surface area contributed by atoms with Crippen LogP contribution in [0.15, 0.2) is 12.7 Å². The first-order valence-electron chi connectivity index (χ1n) is 5.52. The molecule has 0 aliphatic heterocycles. The van der Waals surface area contributed by atoms with E-state index in [2.05, 4.69) is 35.8 Å². The third-order valence-corrected chi connectivity index (χ3v) is 2.06. The van der Waals surface area contributed by atoms with Gasteiger partial charge in [0.05, 0.1) is 5.60 Å². The zero-order chi connectivity index (χ0) is 13.9. The molecule has 102 valence electrons. The van der Waals surface area contributed by atoms with Gasteiger partial charge in [-0.1, -0.05) is 0 Å². The van der Waals surface area contributed by atoms with Crippen LogP contribution in [0.25, 0.3) is 5.95 Å². The van der Waals surface area contributed by atoms with Gasteiger partial charge in [0.15, 0.2) is 0 Å². The van der Waals surface area contributed by atoms with E-state index in [1.165, 1.54) is 17.3 Å². The van der Waals surface area contributed by atoms with Crippen LogP contribution in [0.5, 0.6) is 0 Å². The molecular weight excluding hydrogens is 250 g/mol. The van der Waals surface area contributed by atoms with E-state index >= 15 is 0 Å².